The zero-order valence-corrected chi connectivity index (χ0v) is 15.8. The van der Waals surface area contributed by atoms with Gasteiger partial charge in [-0.1, -0.05) is 58.1 Å². The minimum atomic E-state index is -0.352. The topological polar surface area (TPSA) is 37.4 Å². The standard InChI is InChI=1S/C20H26FNO2S/c1-3-5-6-7-8-9-14-22-19(23)17(18(20(22)24)25-4-2)15-10-12-16(21)13-11-15/h10-13H,3-9,14H2,1-2H3. The zero-order chi connectivity index (χ0) is 18.2. The van der Waals surface area contributed by atoms with Gasteiger partial charge in [-0.3, -0.25) is 14.5 Å². The number of hydrogen-bond acceptors (Lipinski definition) is 3. The van der Waals surface area contributed by atoms with Gasteiger partial charge in [-0.2, -0.15) is 0 Å². The lowest BCUT2D eigenvalue weighted by atomic mass is 10.1. The van der Waals surface area contributed by atoms with Crippen molar-refractivity contribution in [2.75, 3.05) is 12.3 Å². The van der Waals surface area contributed by atoms with Crippen LogP contribution in [0.2, 0.25) is 0 Å². The summed E-state index contributed by atoms with van der Waals surface area (Å²) in [6.07, 6.45) is 6.63. The molecular weight excluding hydrogens is 337 g/mol. The molecule has 0 aliphatic carbocycles. The number of rotatable bonds is 10. The molecule has 0 unspecified atom stereocenters. The number of imide groups is 1. The molecule has 2 amide bonds. The summed E-state index contributed by atoms with van der Waals surface area (Å²) in [6, 6.07) is 5.79. The van der Waals surface area contributed by atoms with Crippen LogP contribution in [0.15, 0.2) is 29.2 Å². The molecule has 0 fully saturated rings. The fourth-order valence-corrected chi connectivity index (χ4v) is 3.83. The number of amides is 2. The van der Waals surface area contributed by atoms with Crippen molar-refractivity contribution in [3.63, 3.8) is 0 Å². The molecule has 2 rings (SSSR count). The predicted octanol–water partition coefficient (Wildman–Crippen LogP) is 5.02. The number of hydrogen-bond donors (Lipinski definition) is 0. The third-order valence-corrected chi connectivity index (χ3v) is 5.24. The van der Waals surface area contributed by atoms with Gasteiger partial charge in [0.05, 0.1) is 10.5 Å². The van der Waals surface area contributed by atoms with Crippen LogP contribution in [-0.2, 0) is 9.59 Å². The predicted molar refractivity (Wildman–Crippen MR) is 102 cm³/mol. The van der Waals surface area contributed by atoms with Crippen LogP contribution in [0, 0.1) is 5.82 Å². The van der Waals surface area contributed by atoms with Crippen LogP contribution in [-0.4, -0.2) is 29.0 Å². The quantitative estimate of drug-likeness (QED) is 0.433. The summed E-state index contributed by atoms with van der Waals surface area (Å²) in [7, 11) is 0. The lowest BCUT2D eigenvalue weighted by Gasteiger charge is -2.15. The van der Waals surface area contributed by atoms with Gasteiger partial charge in [-0.05, 0) is 29.9 Å². The summed E-state index contributed by atoms with van der Waals surface area (Å²) >= 11 is 1.39. The average molecular weight is 363 g/mol. The van der Waals surface area contributed by atoms with Crippen molar-refractivity contribution in [3.8, 4) is 0 Å². The number of carbonyl (C=O) groups excluding carboxylic acids is 2. The molecule has 0 atom stereocenters. The maximum atomic E-state index is 13.2. The van der Waals surface area contributed by atoms with Gasteiger partial charge >= 0.3 is 0 Å². The molecule has 0 saturated heterocycles. The fraction of sp³-hybridized carbons (Fsp3) is 0.500. The Morgan fingerprint density at radius 1 is 0.920 bits per heavy atom. The minimum Gasteiger partial charge on any atom is -0.274 e. The summed E-state index contributed by atoms with van der Waals surface area (Å²) < 4.78 is 13.2. The maximum Gasteiger partial charge on any atom is 0.267 e. The molecule has 1 aliphatic rings. The van der Waals surface area contributed by atoms with E-state index in [1.807, 2.05) is 6.92 Å². The second kappa shape index (κ2) is 9.76. The molecule has 1 aliphatic heterocycles. The Hall–Kier alpha value is -1.62. The molecule has 0 radical (unpaired) electrons. The van der Waals surface area contributed by atoms with Crippen molar-refractivity contribution in [2.24, 2.45) is 0 Å². The van der Waals surface area contributed by atoms with Gasteiger partial charge in [0.15, 0.2) is 0 Å². The van der Waals surface area contributed by atoms with E-state index in [4.69, 9.17) is 0 Å². The van der Waals surface area contributed by atoms with Gasteiger partial charge in [0.2, 0.25) is 0 Å². The van der Waals surface area contributed by atoms with Crippen LogP contribution in [0.5, 0.6) is 0 Å². The van der Waals surface area contributed by atoms with Crippen molar-refractivity contribution in [3.05, 3.63) is 40.6 Å². The first kappa shape index (κ1) is 19.7. The van der Waals surface area contributed by atoms with E-state index in [-0.39, 0.29) is 17.6 Å². The summed E-state index contributed by atoms with van der Waals surface area (Å²) in [5, 5.41) is 0. The molecule has 3 nitrogen and oxygen atoms in total. The van der Waals surface area contributed by atoms with E-state index in [1.165, 1.54) is 48.1 Å². The van der Waals surface area contributed by atoms with E-state index in [0.717, 1.165) is 19.3 Å². The molecular formula is C20H26FNO2S. The van der Waals surface area contributed by atoms with E-state index in [2.05, 4.69) is 6.92 Å². The first-order chi connectivity index (χ1) is 12.1. The Morgan fingerprint density at radius 3 is 2.20 bits per heavy atom. The van der Waals surface area contributed by atoms with Gasteiger partial charge < -0.3 is 0 Å². The Balaban J connectivity index is 2.08. The van der Waals surface area contributed by atoms with Crippen LogP contribution >= 0.6 is 11.8 Å². The van der Waals surface area contributed by atoms with E-state index < -0.39 is 0 Å². The highest BCUT2D eigenvalue weighted by Crippen LogP contribution is 2.36. The molecule has 1 aromatic rings. The van der Waals surface area contributed by atoms with Crippen molar-refractivity contribution >= 4 is 29.1 Å². The third kappa shape index (κ3) is 4.94. The second-order valence-electron chi connectivity index (χ2n) is 6.17. The number of halogens is 1. The second-order valence-corrected chi connectivity index (χ2v) is 7.45. The first-order valence-electron chi connectivity index (χ1n) is 9.09. The Labute approximate surface area is 153 Å². The highest BCUT2D eigenvalue weighted by Gasteiger charge is 2.38. The van der Waals surface area contributed by atoms with Gasteiger partial charge in [0.25, 0.3) is 11.8 Å². The molecule has 25 heavy (non-hydrogen) atoms. The zero-order valence-electron chi connectivity index (χ0n) is 15.0. The van der Waals surface area contributed by atoms with Gasteiger partial charge in [-0.15, -0.1) is 11.8 Å². The van der Waals surface area contributed by atoms with Crippen LogP contribution in [0.1, 0.15) is 57.9 Å². The molecule has 0 saturated carbocycles. The summed E-state index contributed by atoms with van der Waals surface area (Å²) in [5.74, 6) is -0.0928. The van der Waals surface area contributed by atoms with Crippen LogP contribution < -0.4 is 0 Å². The fourth-order valence-electron chi connectivity index (χ4n) is 2.96. The van der Waals surface area contributed by atoms with Gasteiger partial charge in [0.1, 0.15) is 5.82 Å². The number of thioether (sulfide) groups is 1. The Kier molecular flexibility index (Phi) is 7.69. The van der Waals surface area contributed by atoms with Crippen LogP contribution in [0.25, 0.3) is 5.57 Å². The molecule has 5 heteroatoms. The molecule has 0 bridgehead atoms. The first-order valence-corrected chi connectivity index (χ1v) is 10.1. The van der Waals surface area contributed by atoms with Gasteiger partial charge in [-0.25, -0.2) is 4.39 Å². The number of unbranched alkanes of at least 4 members (excludes halogenated alkanes) is 5. The SMILES string of the molecule is CCCCCCCCN1C(=O)C(SCC)=C(c2ccc(F)cc2)C1=O. The molecule has 1 aromatic carbocycles. The lowest BCUT2D eigenvalue weighted by Crippen LogP contribution is -2.32. The average Bonchev–Trinajstić information content (AvgIpc) is 2.83. The number of carbonyl (C=O) groups is 2. The maximum absolute atomic E-state index is 13.2. The molecule has 0 N–H and O–H groups in total. The molecule has 0 aromatic heterocycles. The van der Waals surface area contributed by atoms with E-state index >= 15 is 0 Å². The highest BCUT2D eigenvalue weighted by atomic mass is 32.2. The summed E-state index contributed by atoms with van der Waals surface area (Å²) in [6.45, 7) is 4.59. The third-order valence-electron chi connectivity index (χ3n) is 4.28. The lowest BCUT2D eigenvalue weighted by molar-refractivity contribution is -0.136. The van der Waals surface area contributed by atoms with Crippen molar-refractivity contribution in [2.45, 2.75) is 52.4 Å². The van der Waals surface area contributed by atoms with E-state index in [1.54, 1.807) is 12.1 Å². The van der Waals surface area contributed by atoms with E-state index in [9.17, 15) is 14.0 Å². The van der Waals surface area contributed by atoms with Crippen LogP contribution in [0.4, 0.5) is 4.39 Å². The monoisotopic (exact) mass is 363 g/mol. The highest BCUT2D eigenvalue weighted by molar-refractivity contribution is 8.04. The smallest absolute Gasteiger partial charge is 0.267 e. The largest absolute Gasteiger partial charge is 0.274 e. The summed E-state index contributed by atoms with van der Waals surface area (Å²) in [5.41, 5.74) is 1.03. The Morgan fingerprint density at radius 2 is 1.56 bits per heavy atom. The van der Waals surface area contributed by atoms with Crippen molar-refractivity contribution in [1.29, 1.82) is 0 Å². The summed E-state index contributed by atoms with van der Waals surface area (Å²) in [4.78, 5) is 27.3. The molecule has 0 spiro atoms. The van der Waals surface area contributed by atoms with Crippen molar-refractivity contribution < 1.29 is 14.0 Å². The number of benzene rings is 1. The van der Waals surface area contributed by atoms with E-state index in [0.29, 0.717) is 28.3 Å². The number of nitrogens with zero attached hydrogens (tertiary/aromatic N) is 1. The van der Waals surface area contributed by atoms with Crippen molar-refractivity contribution in [1.82, 2.24) is 4.90 Å². The normalized spacial score (nSPS) is 14.8. The molecule has 1 heterocycles. The van der Waals surface area contributed by atoms with Gasteiger partial charge in [0, 0.05) is 6.54 Å². The minimum absolute atomic E-state index is 0.204. The Bertz CT molecular complexity index is 640. The molecule has 136 valence electrons. The van der Waals surface area contributed by atoms with Crippen LogP contribution in [0.3, 0.4) is 0 Å².